The molecule has 0 bridgehead atoms. The average Bonchev–Trinajstić information content (AvgIpc) is 2.18. The van der Waals surface area contributed by atoms with Crippen LogP contribution in [0, 0.1) is 0 Å². The summed E-state index contributed by atoms with van der Waals surface area (Å²) in [6.45, 7) is 0. The van der Waals surface area contributed by atoms with E-state index in [-0.39, 0.29) is 12.4 Å². The fraction of sp³-hybridized carbons (Fsp3) is 0.222. The molecule has 0 saturated heterocycles. The second-order valence-electron chi connectivity index (χ2n) is 2.87. The van der Waals surface area contributed by atoms with Crippen molar-refractivity contribution < 1.29 is 19.6 Å². The van der Waals surface area contributed by atoms with Crippen molar-refractivity contribution in [2.75, 3.05) is 7.11 Å². The third-order valence-electron chi connectivity index (χ3n) is 1.83. The van der Waals surface area contributed by atoms with Crippen LogP contribution >= 0.6 is 0 Å². The summed E-state index contributed by atoms with van der Waals surface area (Å²) in [4.78, 5) is 10.9. The maximum atomic E-state index is 10.9. The zero-order valence-electron chi connectivity index (χ0n) is 7.80. The SMILES string of the molecule is COC(=O)Cc1cccc(B(O)O)c1. The first-order valence-corrected chi connectivity index (χ1v) is 4.15. The molecule has 1 aromatic rings. The molecule has 0 aliphatic heterocycles. The largest absolute Gasteiger partial charge is 0.488 e. The molecule has 0 amide bonds. The molecule has 0 aliphatic carbocycles. The van der Waals surface area contributed by atoms with Crippen LogP contribution in [0.15, 0.2) is 24.3 Å². The first kappa shape index (κ1) is 10.8. The predicted molar refractivity (Wildman–Crippen MR) is 52.0 cm³/mol. The van der Waals surface area contributed by atoms with Gasteiger partial charge in [0.25, 0.3) is 0 Å². The third-order valence-corrected chi connectivity index (χ3v) is 1.83. The number of ether oxygens (including phenoxy) is 1. The topological polar surface area (TPSA) is 66.8 Å². The lowest BCUT2D eigenvalue weighted by molar-refractivity contribution is -0.139. The Morgan fingerprint density at radius 1 is 1.50 bits per heavy atom. The monoisotopic (exact) mass is 194 g/mol. The molecule has 5 heteroatoms. The second-order valence-corrected chi connectivity index (χ2v) is 2.87. The number of carbonyl (C=O) groups excluding carboxylic acids is 1. The van der Waals surface area contributed by atoms with Gasteiger partial charge < -0.3 is 14.8 Å². The van der Waals surface area contributed by atoms with Crippen LogP contribution < -0.4 is 5.46 Å². The smallest absolute Gasteiger partial charge is 0.469 e. The molecule has 1 aromatic carbocycles. The fourth-order valence-electron chi connectivity index (χ4n) is 1.10. The zero-order valence-corrected chi connectivity index (χ0v) is 7.80. The average molecular weight is 194 g/mol. The summed E-state index contributed by atoms with van der Waals surface area (Å²) >= 11 is 0. The van der Waals surface area contributed by atoms with Gasteiger partial charge in [0, 0.05) is 0 Å². The van der Waals surface area contributed by atoms with Gasteiger partial charge in [0.05, 0.1) is 13.5 Å². The summed E-state index contributed by atoms with van der Waals surface area (Å²) < 4.78 is 4.49. The summed E-state index contributed by atoms with van der Waals surface area (Å²) in [5.41, 5.74) is 1.06. The van der Waals surface area contributed by atoms with E-state index < -0.39 is 7.12 Å². The number of esters is 1. The Bertz CT molecular complexity index is 324. The van der Waals surface area contributed by atoms with Crippen LogP contribution in [0.4, 0.5) is 0 Å². The number of carbonyl (C=O) groups is 1. The summed E-state index contributed by atoms with van der Waals surface area (Å²) in [6, 6.07) is 6.52. The number of benzene rings is 1. The molecule has 0 fully saturated rings. The molecule has 1 rings (SSSR count). The Balaban J connectivity index is 2.78. The van der Waals surface area contributed by atoms with Crippen LogP contribution in [0.1, 0.15) is 5.56 Å². The highest BCUT2D eigenvalue weighted by Gasteiger charge is 2.11. The second kappa shape index (κ2) is 4.78. The summed E-state index contributed by atoms with van der Waals surface area (Å²) in [7, 11) is -0.194. The van der Waals surface area contributed by atoms with Crippen LogP contribution in [0.2, 0.25) is 0 Å². The molecule has 74 valence electrons. The van der Waals surface area contributed by atoms with Crippen molar-refractivity contribution in [1.82, 2.24) is 0 Å². The molecule has 2 N–H and O–H groups in total. The molecule has 0 heterocycles. The van der Waals surface area contributed by atoms with Gasteiger partial charge in [-0.2, -0.15) is 0 Å². The highest BCUT2D eigenvalue weighted by Crippen LogP contribution is 1.99. The minimum Gasteiger partial charge on any atom is -0.469 e. The van der Waals surface area contributed by atoms with E-state index >= 15 is 0 Å². The van der Waals surface area contributed by atoms with E-state index in [1.54, 1.807) is 24.3 Å². The summed E-state index contributed by atoms with van der Waals surface area (Å²) in [5.74, 6) is -0.352. The van der Waals surface area contributed by atoms with E-state index in [0.29, 0.717) is 11.0 Å². The van der Waals surface area contributed by atoms with Gasteiger partial charge in [-0.05, 0) is 11.0 Å². The number of methoxy groups -OCH3 is 1. The van der Waals surface area contributed by atoms with Gasteiger partial charge in [0.1, 0.15) is 0 Å². The van der Waals surface area contributed by atoms with Crippen LogP contribution in [-0.2, 0) is 16.0 Å². The van der Waals surface area contributed by atoms with Crippen LogP contribution in [-0.4, -0.2) is 30.2 Å². The Labute approximate surface area is 82.3 Å². The molecule has 0 atom stereocenters. The van der Waals surface area contributed by atoms with E-state index in [1.165, 1.54) is 7.11 Å². The van der Waals surface area contributed by atoms with Crippen LogP contribution in [0.3, 0.4) is 0 Å². The van der Waals surface area contributed by atoms with Gasteiger partial charge in [-0.25, -0.2) is 0 Å². The van der Waals surface area contributed by atoms with Crippen molar-refractivity contribution in [1.29, 1.82) is 0 Å². The molecule has 0 aliphatic rings. The fourth-order valence-corrected chi connectivity index (χ4v) is 1.10. The van der Waals surface area contributed by atoms with Crippen molar-refractivity contribution in [3.8, 4) is 0 Å². The lowest BCUT2D eigenvalue weighted by Gasteiger charge is -2.03. The van der Waals surface area contributed by atoms with Gasteiger partial charge in [-0.15, -0.1) is 0 Å². The molecule has 14 heavy (non-hydrogen) atoms. The first-order valence-electron chi connectivity index (χ1n) is 4.15. The quantitative estimate of drug-likeness (QED) is 0.482. The van der Waals surface area contributed by atoms with E-state index in [9.17, 15) is 4.79 Å². The van der Waals surface area contributed by atoms with Crippen molar-refractivity contribution >= 4 is 18.6 Å². The standard InChI is InChI=1S/C9H11BO4/c1-14-9(11)6-7-3-2-4-8(5-7)10(12)13/h2-5,12-13H,6H2,1H3. The van der Waals surface area contributed by atoms with Crippen molar-refractivity contribution in [3.05, 3.63) is 29.8 Å². The highest BCUT2D eigenvalue weighted by atomic mass is 16.5. The number of rotatable bonds is 3. The van der Waals surface area contributed by atoms with Gasteiger partial charge in [-0.3, -0.25) is 4.79 Å². The molecule has 0 spiro atoms. The molecular formula is C9H11BO4. The summed E-state index contributed by atoms with van der Waals surface area (Å²) in [5, 5.41) is 17.8. The Hall–Kier alpha value is -1.33. The molecular weight excluding hydrogens is 183 g/mol. The minimum atomic E-state index is -1.51. The zero-order chi connectivity index (χ0) is 10.6. The third kappa shape index (κ3) is 2.87. The van der Waals surface area contributed by atoms with Crippen LogP contribution in [0.5, 0.6) is 0 Å². The maximum absolute atomic E-state index is 10.9. The van der Waals surface area contributed by atoms with Crippen molar-refractivity contribution in [2.24, 2.45) is 0 Å². The number of hydrogen-bond acceptors (Lipinski definition) is 4. The van der Waals surface area contributed by atoms with Crippen LogP contribution in [0.25, 0.3) is 0 Å². The Morgan fingerprint density at radius 2 is 2.21 bits per heavy atom. The molecule has 4 nitrogen and oxygen atoms in total. The van der Waals surface area contributed by atoms with E-state index in [4.69, 9.17) is 10.0 Å². The molecule has 0 aromatic heterocycles. The Morgan fingerprint density at radius 3 is 2.79 bits per heavy atom. The first-order chi connectivity index (χ1) is 6.63. The van der Waals surface area contributed by atoms with Gasteiger partial charge >= 0.3 is 13.1 Å². The van der Waals surface area contributed by atoms with E-state index in [1.807, 2.05) is 0 Å². The summed E-state index contributed by atoms with van der Waals surface area (Å²) in [6.07, 6.45) is 0.136. The Kier molecular flexibility index (Phi) is 3.68. The van der Waals surface area contributed by atoms with Crippen molar-refractivity contribution in [3.63, 3.8) is 0 Å². The number of hydrogen-bond donors (Lipinski definition) is 2. The van der Waals surface area contributed by atoms with Crippen molar-refractivity contribution in [2.45, 2.75) is 6.42 Å². The minimum absolute atomic E-state index is 0.136. The normalized spacial score (nSPS) is 9.64. The maximum Gasteiger partial charge on any atom is 0.488 e. The lowest BCUT2D eigenvalue weighted by atomic mass is 9.79. The van der Waals surface area contributed by atoms with Gasteiger partial charge in [0.15, 0.2) is 0 Å². The van der Waals surface area contributed by atoms with Gasteiger partial charge in [-0.1, -0.05) is 24.3 Å². The molecule has 0 saturated carbocycles. The van der Waals surface area contributed by atoms with E-state index in [2.05, 4.69) is 4.74 Å². The predicted octanol–water partition coefficient (Wildman–Crippen LogP) is -0.918. The van der Waals surface area contributed by atoms with Gasteiger partial charge in [0.2, 0.25) is 0 Å². The highest BCUT2D eigenvalue weighted by molar-refractivity contribution is 6.58. The molecule has 0 radical (unpaired) electrons. The van der Waals surface area contributed by atoms with E-state index in [0.717, 1.165) is 0 Å². The molecule has 0 unspecified atom stereocenters. The lowest BCUT2D eigenvalue weighted by Crippen LogP contribution is -2.30.